The number of rotatable bonds is 4. The van der Waals surface area contributed by atoms with Crippen LogP contribution in [-0.4, -0.2) is 18.4 Å². The van der Waals surface area contributed by atoms with Gasteiger partial charge in [0.2, 0.25) is 5.91 Å². The number of carbonyl (C=O) groups excluding carboxylic acids is 2. The Bertz CT molecular complexity index is 801. The minimum atomic E-state index is -0.159. The first kappa shape index (κ1) is 17.0. The third-order valence-electron chi connectivity index (χ3n) is 4.39. The molecular weight excluding hydrogens is 314 g/mol. The van der Waals surface area contributed by atoms with Gasteiger partial charge in [-0.1, -0.05) is 18.2 Å². The molecule has 0 aliphatic carbocycles. The van der Waals surface area contributed by atoms with E-state index in [9.17, 15) is 9.59 Å². The van der Waals surface area contributed by atoms with Crippen molar-refractivity contribution in [1.29, 1.82) is 0 Å². The maximum Gasteiger partial charge on any atom is 0.252 e. The molecular formula is C20H23N3O2. The van der Waals surface area contributed by atoms with Crippen LogP contribution < -0.4 is 16.0 Å². The molecule has 25 heavy (non-hydrogen) atoms. The molecule has 0 saturated heterocycles. The molecule has 2 aromatic rings. The smallest absolute Gasteiger partial charge is 0.252 e. The number of anilines is 2. The van der Waals surface area contributed by atoms with E-state index in [1.165, 1.54) is 6.92 Å². The first-order chi connectivity index (χ1) is 12.0. The molecule has 3 N–H and O–H groups in total. The van der Waals surface area contributed by atoms with Gasteiger partial charge in [-0.25, -0.2) is 0 Å². The van der Waals surface area contributed by atoms with E-state index in [0.717, 1.165) is 47.5 Å². The normalized spacial score (nSPS) is 14.0. The number of amides is 2. The molecule has 0 spiro atoms. The van der Waals surface area contributed by atoms with Crippen molar-refractivity contribution in [2.75, 3.05) is 17.2 Å². The lowest BCUT2D eigenvalue weighted by Crippen LogP contribution is -2.28. The first-order valence-corrected chi connectivity index (χ1v) is 8.59. The van der Waals surface area contributed by atoms with E-state index in [2.05, 4.69) is 16.0 Å². The van der Waals surface area contributed by atoms with Crippen LogP contribution in [0, 0.1) is 0 Å². The van der Waals surface area contributed by atoms with Crippen LogP contribution in [-0.2, 0) is 11.2 Å². The quantitative estimate of drug-likeness (QED) is 0.800. The molecule has 1 heterocycles. The summed E-state index contributed by atoms with van der Waals surface area (Å²) in [6.07, 6.45) is 1.95. The summed E-state index contributed by atoms with van der Waals surface area (Å²) in [6, 6.07) is 13.2. The molecule has 0 radical (unpaired) electrons. The summed E-state index contributed by atoms with van der Waals surface area (Å²) in [5.41, 5.74) is 4.55. The number of benzene rings is 2. The Morgan fingerprint density at radius 3 is 2.76 bits per heavy atom. The summed E-state index contributed by atoms with van der Waals surface area (Å²) >= 11 is 0. The average Bonchev–Trinajstić information content (AvgIpc) is 2.60. The highest BCUT2D eigenvalue weighted by Crippen LogP contribution is 2.26. The van der Waals surface area contributed by atoms with Crippen LogP contribution >= 0.6 is 0 Å². The Morgan fingerprint density at radius 2 is 1.96 bits per heavy atom. The number of nitrogens with one attached hydrogen (secondary N) is 3. The summed E-state index contributed by atoms with van der Waals surface area (Å²) < 4.78 is 0. The molecule has 1 unspecified atom stereocenters. The monoisotopic (exact) mass is 337 g/mol. The van der Waals surface area contributed by atoms with E-state index in [4.69, 9.17) is 0 Å². The largest absolute Gasteiger partial charge is 0.385 e. The lowest BCUT2D eigenvalue weighted by molar-refractivity contribution is -0.114. The topological polar surface area (TPSA) is 70.2 Å². The highest BCUT2D eigenvalue weighted by atomic mass is 16.2. The second kappa shape index (κ2) is 7.38. The molecule has 1 aliphatic rings. The molecule has 130 valence electrons. The van der Waals surface area contributed by atoms with E-state index < -0.39 is 0 Å². The van der Waals surface area contributed by atoms with Crippen molar-refractivity contribution in [3.8, 4) is 0 Å². The Morgan fingerprint density at radius 1 is 1.16 bits per heavy atom. The molecule has 1 atom stereocenters. The minimum Gasteiger partial charge on any atom is -0.385 e. The minimum absolute atomic E-state index is 0.0713. The molecule has 5 heteroatoms. The second-order valence-electron chi connectivity index (χ2n) is 6.36. The highest BCUT2D eigenvalue weighted by Gasteiger charge is 2.19. The van der Waals surface area contributed by atoms with E-state index in [0.29, 0.717) is 0 Å². The van der Waals surface area contributed by atoms with Crippen molar-refractivity contribution in [1.82, 2.24) is 5.32 Å². The summed E-state index contributed by atoms with van der Waals surface area (Å²) in [6.45, 7) is 4.37. The summed E-state index contributed by atoms with van der Waals surface area (Å²) in [5, 5.41) is 9.18. The zero-order valence-corrected chi connectivity index (χ0v) is 14.6. The van der Waals surface area contributed by atoms with Gasteiger partial charge in [-0.3, -0.25) is 9.59 Å². The van der Waals surface area contributed by atoms with Gasteiger partial charge in [-0.2, -0.15) is 0 Å². The Labute approximate surface area is 147 Å². The van der Waals surface area contributed by atoms with Gasteiger partial charge in [-0.15, -0.1) is 0 Å². The van der Waals surface area contributed by atoms with E-state index in [1.807, 2.05) is 49.4 Å². The SMILES string of the molecule is CC(=O)Nc1cccc(C(C)NC(=O)c2cccc3c2CCCN3)c1. The fraction of sp³-hybridized carbons (Fsp3) is 0.300. The van der Waals surface area contributed by atoms with Crippen LogP contribution in [0.1, 0.15) is 47.8 Å². The molecule has 0 saturated carbocycles. The zero-order valence-electron chi connectivity index (χ0n) is 14.6. The molecule has 0 aromatic heterocycles. The molecule has 1 aliphatic heterocycles. The predicted octanol–water partition coefficient (Wildman–Crippen LogP) is 3.49. The highest BCUT2D eigenvalue weighted by molar-refractivity contribution is 5.97. The maximum atomic E-state index is 12.8. The summed E-state index contributed by atoms with van der Waals surface area (Å²) in [7, 11) is 0. The number of fused-ring (bicyclic) bond motifs is 1. The van der Waals surface area contributed by atoms with Crippen molar-refractivity contribution in [3.05, 3.63) is 59.2 Å². The standard InChI is InChI=1S/C20H23N3O2/c1-13(15-6-3-7-16(12-15)23-14(2)24)22-20(25)18-8-4-10-19-17(18)9-5-11-21-19/h3-4,6-8,10,12-13,21H,5,9,11H2,1-2H3,(H,22,25)(H,23,24). The van der Waals surface area contributed by atoms with Crippen molar-refractivity contribution in [2.24, 2.45) is 0 Å². The van der Waals surface area contributed by atoms with Crippen LogP contribution in [0.5, 0.6) is 0 Å². The van der Waals surface area contributed by atoms with Crippen molar-refractivity contribution >= 4 is 23.2 Å². The molecule has 0 bridgehead atoms. The Balaban J connectivity index is 1.76. The van der Waals surface area contributed by atoms with Crippen molar-refractivity contribution in [3.63, 3.8) is 0 Å². The Kier molecular flexibility index (Phi) is 5.03. The lowest BCUT2D eigenvalue weighted by Gasteiger charge is -2.22. The van der Waals surface area contributed by atoms with Gasteiger partial charge in [0.1, 0.15) is 0 Å². The first-order valence-electron chi connectivity index (χ1n) is 8.59. The number of carbonyl (C=O) groups is 2. The van der Waals surface area contributed by atoms with Crippen LogP contribution in [0.25, 0.3) is 0 Å². The molecule has 2 aromatic carbocycles. The van der Waals surface area contributed by atoms with Gasteiger partial charge in [-0.05, 0) is 55.2 Å². The van der Waals surface area contributed by atoms with Crippen LogP contribution in [0.2, 0.25) is 0 Å². The molecule has 0 fully saturated rings. The Hall–Kier alpha value is -2.82. The van der Waals surface area contributed by atoms with Crippen LogP contribution in [0.3, 0.4) is 0 Å². The average molecular weight is 337 g/mol. The fourth-order valence-corrected chi connectivity index (χ4v) is 3.17. The van der Waals surface area contributed by atoms with Gasteiger partial charge in [0, 0.05) is 30.4 Å². The third-order valence-corrected chi connectivity index (χ3v) is 4.39. The van der Waals surface area contributed by atoms with E-state index >= 15 is 0 Å². The van der Waals surface area contributed by atoms with Gasteiger partial charge in [0.05, 0.1) is 6.04 Å². The van der Waals surface area contributed by atoms with Gasteiger partial charge in [0.25, 0.3) is 5.91 Å². The maximum absolute atomic E-state index is 12.8. The van der Waals surface area contributed by atoms with Crippen LogP contribution in [0.4, 0.5) is 11.4 Å². The number of hydrogen-bond acceptors (Lipinski definition) is 3. The lowest BCUT2D eigenvalue weighted by atomic mass is 9.96. The zero-order chi connectivity index (χ0) is 17.8. The summed E-state index contributed by atoms with van der Waals surface area (Å²) in [4.78, 5) is 24.0. The van der Waals surface area contributed by atoms with Crippen molar-refractivity contribution < 1.29 is 9.59 Å². The number of hydrogen-bond donors (Lipinski definition) is 3. The van der Waals surface area contributed by atoms with Gasteiger partial charge in [0.15, 0.2) is 0 Å². The van der Waals surface area contributed by atoms with E-state index in [-0.39, 0.29) is 17.9 Å². The van der Waals surface area contributed by atoms with Crippen LogP contribution in [0.15, 0.2) is 42.5 Å². The van der Waals surface area contributed by atoms with Gasteiger partial charge < -0.3 is 16.0 Å². The fourth-order valence-electron chi connectivity index (χ4n) is 3.17. The van der Waals surface area contributed by atoms with E-state index in [1.54, 1.807) is 0 Å². The van der Waals surface area contributed by atoms with Gasteiger partial charge >= 0.3 is 0 Å². The molecule has 2 amide bonds. The van der Waals surface area contributed by atoms with Crippen molar-refractivity contribution in [2.45, 2.75) is 32.7 Å². The molecule has 3 rings (SSSR count). The molecule has 5 nitrogen and oxygen atoms in total. The third kappa shape index (κ3) is 3.99. The predicted molar refractivity (Wildman–Crippen MR) is 99.9 cm³/mol. The summed E-state index contributed by atoms with van der Waals surface area (Å²) in [5.74, 6) is -0.185. The second-order valence-corrected chi connectivity index (χ2v) is 6.36.